The second kappa shape index (κ2) is 3.77. The normalized spacial score (nSPS) is 11.2. The Morgan fingerprint density at radius 3 is 2.59 bits per heavy atom. The van der Waals surface area contributed by atoms with Gasteiger partial charge in [-0.25, -0.2) is 0 Å². The first-order valence-electron chi connectivity index (χ1n) is 5.42. The zero-order chi connectivity index (χ0) is 12.0. The molecule has 2 nitrogen and oxygen atoms in total. The molecule has 2 aromatic carbocycles. The van der Waals surface area contributed by atoms with E-state index < -0.39 is 0 Å². The molecular formula is C14H12BrNO. The summed E-state index contributed by atoms with van der Waals surface area (Å²) in [4.78, 5) is 0. The lowest BCUT2D eigenvalue weighted by atomic mass is 10.1. The van der Waals surface area contributed by atoms with Gasteiger partial charge in [0.1, 0.15) is 5.75 Å². The molecule has 17 heavy (non-hydrogen) atoms. The molecule has 3 rings (SSSR count). The van der Waals surface area contributed by atoms with Gasteiger partial charge in [-0.3, -0.25) is 0 Å². The van der Waals surface area contributed by atoms with Gasteiger partial charge in [-0.05, 0) is 30.3 Å². The van der Waals surface area contributed by atoms with Crippen LogP contribution in [0.25, 0.3) is 21.8 Å². The van der Waals surface area contributed by atoms with E-state index in [1.54, 1.807) is 7.11 Å². The molecular weight excluding hydrogens is 278 g/mol. The second-order valence-corrected chi connectivity index (χ2v) is 5.02. The van der Waals surface area contributed by atoms with Gasteiger partial charge in [0.2, 0.25) is 0 Å². The highest BCUT2D eigenvalue weighted by molar-refractivity contribution is 9.10. The van der Waals surface area contributed by atoms with Crippen molar-refractivity contribution in [3.05, 3.63) is 40.9 Å². The lowest BCUT2D eigenvalue weighted by Crippen LogP contribution is -1.87. The predicted octanol–water partition coefficient (Wildman–Crippen LogP) is 4.10. The van der Waals surface area contributed by atoms with Crippen LogP contribution in [-0.4, -0.2) is 11.7 Å². The van der Waals surface area contributed by atoms with Crippen LogP contribution in [0.1, 0.15) is 0 Å². The molecule has 3 heteroatoms. The first-order valence-corrected chi connectivity index (χ1v) is 6.21. The number of hydrogen-bond acceptors (Lipinski definition) is 1. The number of rotatable bonds is 1. The number of aromatic nitrogens is 1. The van der Waals surface area contributed by atoms with Gasteiger partial charge in [-0.15, -0.1) is 0 Å². The highest BCUT2D eigenvalue weighted by Gasteiger charge is 2.08. The molecule has 0 aliphatic carbocycles. The van der Waals surface area contributed by atoms with Crippen LogP contribution in [-0.2, 0) is 7.05 Å². The standard InChI is InChI=1S/C14H12BrNO/c1-16-13-6-3-9(15)7-12(13)11-5-4-10(17-2)8-14(11)16/h3-8H,1-2H3. The van der Waals surface area contributed by atoms with E-state index in [1.807, 2.05) is 6.07 Å². The topological polar surface area (TPSA) is 14.2 Å². The minimum atomic E-state index is 0.891. The monoisotopic (exact) mass is 289 g/mol. The highest BCUT2D eigenvalue weighted by atomic mass is 79.9. The van der Waals surface area contributed by atoms with Crippen LogP contribution < -0.4 is 4.74 Å². The minimum absolute atomic E-state index is 0.891. The lowest BCUT2D eigenvalue weighted by Gasteiger charge is -2.01. The summed E-state index contributed by atoms with van der Waals surface area (Å²) in [6.07, 6.45) is 0. The molecule has 86 valence electrons. The molecule has 1 aromatic heterocycles. The zero-order valence-electron chi connectivity index (χ0n) is 9.70. The average molecular weight is 290 g/mol. The largest absolute Gasteiger partial charge is 0.497 e. The summed E-state index contributed by atoms with van der Waals surface area (Å²) in [5.41, 5.74) is 2.42. The van der Waals surface area contributed by atoms with Crippen molar-refractivity contribution in [3.8, 4) is 5.75 Å². The summed E-state index contributed by atoms with van der Waals surface area (Å²) < 4.78 is 8.57. The Morgan fingerprint density at radius 1 is 1.00 bits per heavy atom. The Balaban J connectivity index is 2.49. The van der Waals surface area contributed by atoms with Crippen LogP contribution in [0, 0.1) is 0 Å². The fourth-order valence-corrected chi connectivity index (χ4v) is 2.65. The second-order valence-electron chi connectivity index (χ2n) is 4.10. The maximum absolute atomic E-state index is 5.27. The number of benzene rings is 2. The van der Waals surface area contributed by atoms with Gasteiger partial charge in [-0.1, -0.05) is 15.9 Å². The Labute approximate surface area is 108 Å². The van der Waals surface area contributed by atoms with Crippen molar-refractivity contribution in [2.45, 2.75) is 0 Å². The smallest absolute Gasteiger partial charge is 0.120 e. The minimum Gasteiger partial charge on any atom is -0.497 e. The van der Waals surface area contributed by atoms with Crippen LogP contribution in [0.2, 0.25) is 0 Å². The molecule has 0 bridgehead atoms. The van der Waals surface area contributed by atoms with Gasteiger partial charge in [0.05, 0.1) is 12.6 Å². The first-order chi connectivity index (χ1) is 8.20. The third-order valence-corrected chi connectivity index (χ3v) is 3.67. The third kappa shape index (κ3) is 1.53. The van der Waals surface area contributed by atoms with Crippen molar-refractivity contribution in [2.75, 3.05) is 7.11 Å². The SMILES string of the molecule is COc1ccc2c3cc(Br)ccc3n(C)c2c1. The van der Waals surface area contributed by atoms with Crippen molar-refractivity contribution < 1.29 is 4.74 Å². The molecule has 0 aliphatic rings. The number of ether oxygens (including phenoxy) is 1. The van der Waals surface area contributed by atoms with Crippen LogP contribution in [0.5, 0.6) is 5.75 Å². The molecule has 0 spiro atoms. The Bertz CT molecular complexity index is 715. The van der Waals surface area contributed by atoms with Gasteiger partial charge in [-0.2, -0.15) is 0 Å². The molecule has 0 atom stereocenters. The zero-order valence-corrected chi connectivity index (χ0v) is 11.3. The molecule has 0 saturated carbocycles. The van der Waals surface area contributed by atoms with Crippen molar-refractivity contribution in [1.29, 1.82) is 0 Å². The lowest BCUT2D eigenvalue weighted by molar-refractivity contribution is 0.415. The Morgan fingerprint density at radius 2 is 1.82 bits per heavy atom. The Hall–Kier alpha value is -1.48. The molecule has 0 amide bonds. The molecule has 3 aromatic rings. The van der Waals surface area contributed by atoms with E-state index in [-0.39, 0.29) is 0 Å². The molecule has 0 N–H and O–H groups in total. The maximum atomic E-state index is 5.27. The fraction of sp³-hybridized carbons (Fsp3) is 0.143. The fourth-order valence-electron chi connectivity index (χ4n) is 2.29. The molecule has 0 saturated heterocycles. The average Bonchev–Trinajstić information content (AvgIpc) is 2.62. The number of hydrogen-bond donors (Lipinski definition) is 0. The predicted molar refractivity (Wildman–Crippen MR) is 74.7 cm³/mol. The van der Waals surface area contributed by atoms with Crippen molar-refractivity contribution in [2.24, 2.45) is 7.05 Å². The van der Waals surface area contributed by atoms with Gasteiger partial charge in [0.15, 0.2) is 0 Å². The summed E-state index contributed by atoms with van der Waals surface area (Å²) in [5, 5.41) is 2.52. The maximum Gasteiger partial charge on any atom is 0.120 e. The number of aryl methyl sites for hydroxylation is 1. The van der Waals surface area contributed by atoms with Gasteiger partial charge >= 0.3 is 0 Å². The summed E-state index contributed by atoms with van der Waals surface area (Å²) in [5.74, 6) is 0.891. The molecule has 0 fully saturated rings. The number of nitrogens with zero attached hydrogens (tertiary/aromatic N) is 1. The van der Waals surface area contributed by atoms with E-state index >= 15 is 0 Å². The quantitative estimate of drug-likeness (QED) is 0.658. The molecule has 0 unspecified atom stereocenters. The third-order valence-electron chi connectivity index (χ3n) is 3.18. The van der Waals surface area contributed by atoms with E-state index in [0.29, 0.717) is 0 Å². The number of methoxy groups -OCH3 is 1. The number of halogens is 1. The summed E-state index contributed by atoms with van der Waals surface area (Å²) in [7, 11) is 3.78. The first kappa shape index (κ1) is 10.7. The van der Waals surface area contributed by atoms with Gasteiger partial charge in [0, 0.05) is 33.9 Å². The summed E-state index contributed by atoms with van der Waals surface area (Å²) >= 11 is 3.52. The van der Waals surface area contributed by atoms with Crippen LogP contribution in [0.3, 0.4) is 0 Å². The molecule has 0 aliphatic heterocycles. The Kier molecular flexibility index (Phi) is 2.37. The molecule has 1 heterocycles. The summed E-state index contributed by atoms with van der Waals surface area (Å²) in [6.45, 7) is 0. The summed E-state index contributed by atoms with van der Waals surface area (Å²) in [6, 6.07) is 12.5. The van der Waals surface area contributed by atoms with Crippen LogP contribution in [0.4, 0.5) is 0 Å². The van der Waals surface area contributed by atoms with E-state index in [0.717, 1.165) is 10.2 Å². The molecule has 0 radical (unpaired) electrons. The van der Waals surface area contributed by atoms with E-state index in [4.69, 9.17) is 4.74 Å². The van der Waals surface area contributed by atoms with Crippen LogP contribution >= 0.6 is 15.9 Å². The van der Waals surface area contributed by atoms with Crippen molar-refractivity contribution in [3.63, 3.8) is 0 Å². The van der Waals surface area contributed by atoms with Crippen molar-refractivity contribution >= 4 is 37.7 Å². The van der Waals surface area contributed by atoms with E-state index in [1.165, 1.54) is 21.8 Å². The highest BCUT2D eigenvalue weighted by Crippen LogP contribution is 2.32. The van der Waals surface area contributed by atoms with Crippen LogP contribution in [0.15, 0.2) is 40.9 Å². The number of fused-ring (bicyclic) bond motifs is 3. The van der Waals surface area contributed by atoms with E-state index in [2.05, 4.69) is 57.9 Å². The van der Waals surface area contributed by atoms with E-state index in [9.17, 15) is 0 Å². The van der Waals surface area contributed by atoms with Gasteiger partial charge in [0.25, 0.3) is 0 Å². The van der Waals surface area contributed by atoms with Gasteiger partial charge < -0.3 is 9.30 Å². The van der Waals surface area contributed by atoms with Crippen molar-refractivity contribution in [1.82, 2.24) is 4.57 Å².